The summed E-state index contributed by atoms with van der Waals surface area (Å²) >= 11 is 1.76. The SMILES string of the molecule is C/C=C\SCC1C=C2C(=O)N(c3cc(C)cc(C)c3)C(C)(C)CN2N1.CC.O=CNC1CCCCCC1. The van der Waals surface area contributed by atoms with Crippen LogP contribution in [0.1, 0.15) is 84.3 Å². The van der Waals surface area contributed by atoms with E-state index in [9.17, 15) is 9.59 Å². The number of piperazine rings is 1. The first kappa shape index (κ1) is 31.0. The molecule has 2 heterocycles. The van der Waals surface area contributed by atoms with E-state index in [1.807, 2.05) is 36.8 Å². The van der Waals surface area contributed by atoms with Gasteiger partial charge in [-0.2, -0.15) is 0 Å². The van der Waals surface area contributed by atoms with Crippen molar-refractivity contribution < 1.29 is 9.59 Å². The highest BCUT2D eigenvalue weighted by molar-refractivity contribution is 8.02. The van der Waals surface area contributed by atoms with Crippen molar-refractivity contribution in [3.8, 4) is 0 Å². The van der Waals surface area contributed by atoms with Gasteiger partial charge >= 0.3 is 0 Å². The number of benzene rings is 1. The molecule has 3 aliphatic rings. The molecule has 1 atom stereocenters. The van der Waals surface area contributed by atoms with Crippen molar-refractivity contribution in [2.24, 2.45) is 0 Å². The minimum absolute atomic E-state index is 0.0762. The molecule has 1 aromatic rings. The average molecular weight is 529 g/mol. The first-order valence-electron chi connectivity index (χ1n) is 13.9. The third-order valence-electron chi connectivity index (χ3n) is 6.68. The fourth-order valence-electron chi connectivity index (χ4n) is 5.18. The van der Waals surface area contributed by atoms with Gasteiger partial charge in [-0.05, 0) is 82.2 Å². The molecule has 1 aliphatic carbocycles. The van der Waals surface area contributed by atoms with Gasteiger partial charge in [0.05, 0.1) is 18.1 Å². The van der Waals surface area contributed by atoms with Gasteiger partial charge in [0.25, 0.3) is 5.91 Å². The van der Waals surface area contributed by atoms with E-state index in [1.54, 1.807) is 11.8 Å². The zero-order valence-corrected chi connectivity index (χ0v) is 24.8. The summed E-state index contributed by atoms with van der Waals surface area (Å²) < 4.78 is 0. The maximum absolute atomic E-state index is 13.3. The number of aryl methyl sites for hydroxylation is 2. The Bertz CT molecular complexity index is 915. The molecule has 7 heteroatoms. The maximum atomic E-state index is 13.3. The number of nitrogens with zero attached hydrogens (tertiary/aromatic N) is 2. The lowest BCUT2D eigenvalue weighted by Crippen LogP contribution is -2.62. The van der Waals surface area contributed by atoms with Crippen LogP contribution >= 0.6 is 11.8 Å². The van der Waals surface area contributed by atoms with Crippen LogP contribution in [0.3, 0.4) is 0 Å². The van der Waals surface area contributed by atoms with Crippen LogP contribution in [0.4, 0.5) is 5.69 Å². The molecular weight excluding hydrogens is 480 g/mol. The molecule has 4 rings (SSSR count). The second kappa shape index (κ2) is 15.2. The van der Waals surface area contributed by atoms with Gasteiger partial charge < -0.3 is 10.3 Å². The van der Waals surface area contributed by atoms with E-state index in [1.165, 1.54) is 49.7 Å². The molecule has 1 saturated carbocycles. The first-order chi connectivity index (χ1) is 17.7. The summed E-state index contributed by atoms with van der Waals surface area (Å²) in [5.41, 5.74) is 7.30. The normalized spacial score (nSPS) is 21.2. The predicted octanol–water partition coefficient (Wildman–Crippen LogP) is 6.25. The lowest BCUT2D eigenvalue weighted by atomic mass is 9.96. The predicted molar refractivity (Wildman–Crippen MR) is 159 cm³/mol. The second-order valence-electron chi connectivity index (χ2n) is 10.4. The zero-order valence-electron chi connectivity index (χ0n) is 24.0. The van der Waals surface area contributed by atoms with E-state index in [4.69, 9.17) is 0 Å². The van der Waals surface area contributed by atoms with Crippen molar-refractivity contribution in [3.05, 3.63) is 52.6 Å². The molecule has 37 heavy (non-hydrogen) atoms. The Balaban J connectivity index is 0.000000336. The molecule has 0 aromatic heterocycles. The molecule has 1 aromatic carbocycles. The fraction of sp³-hybridized carbons (Fsp3) is 0.600. The van der Waals surface area contributed by atoms with E-state index in [0.717, 1.165) is 30.1 Å². The molecule has 1 unspecified atom stereocenters. The quantitative estimate of drug-likeness (QED) is 0.338. The Kier molecular flexibility index (Phi) is 12.7. The van der Waals surface area contributed by atoms with E-state index < -0.39 is 0 Å². The van der Waals surface area contributed by atoms with E-state index in [0.29, 0.717) is 6.04 Å². The summed E-state index contributed by atoms with van der Waals surface area (Å²) in [4.78, 5) is 25.3. The lowest BCUT2D eigenvalue weighted by Gasteiger charge is -2.47. The van der Waals surface area contributed by atoms with Gasteiger partial charge in [-0.15, -0.1) is 11.8 Å². The number of amides is 2. The third-order valence-corrected chi connectivity index (χ3v) is 7.69. The van der Waals surface area contributed by atoms with Crippen LogP contribution in [0.25, 0.3) is 0 Å². The lowest BCUT2D eigenvalue weighted by molar-refractivity contribution is -0.120. The highest BCUT2D eigenvalue weighted by Crippen LogP contribution is 2.35. The van der Waals surface area contributed by atoms with Crippen molar-refractivity contribution in [1.82, 2.24) is 15.8 Å². The van der Waals surface area contributed by atoms with E-state index in [-0.39, 0.29) is 17.5 Å². The summed E-state index contributed by atoms with van der Waals surface area (Å²) in [6, 6.07) is 7.01. The molecule has 6 nitrogen and oxygen atoms in total. The highest BCUT2D eigenvalue weighted by atomic mass is 32.2. The summed E-state index contributed by atoms with van der Waals surface area (Å²) in [5, 5.41) is 6.96. The second-order valence-corrected chi connectivity index (χ2v) is 11.4. The molecule has 0 spiro atoms. The number of fused-ring (bicyclic) bond motifs is 1. The first-order valence-corrected chi connectivity index (χ1v) is 14.9. The minimum atomic E-state index is -0.285. The highest BCUT2D eigenvalue weighted by Gasteiger charge is 2.45. The number of allylic oxidation sites excluding steroid dienone is 1. The number of anilines is 1. The Morgan fingerprint density at radius 1 is 1.08 bits per heavy atom. The number of hydrazine groups is 1. The summed E-state index contributed by atoms with van der Waals surface area (Å²) in [5.74, 6) is 0.994. The zero-order chi connectivity index (χ0) is 27.4. The summed E-state index contributed by atoms with van der Waals surface area (Å²) in [6.45, 7) is 15.2. The van der Waals surface area contributed by atoms with Crippen LogP contribution in [0.5, 0.6) is 0 Å². The van der Waals surface area contributed by atoms with Crippen LogP contribution in [-0.2, 0) is 9.59 Å². The summed E-state index contributed by atoms with van der Waals surface area (Å²) in [6.07, 6.45) is 12.6. The Hall–Kier alpha value is -2.25. The molecule has 0 bridgehead atoms. The maximum Gasteiger partial charge on any atom is 0.276 e. The van der Waals surface area contributed by atoms with E-state index in [2.05, 4.69) is 68.1 Å². The molecule has 206 valence electrons. The monoisotopic (exact) mass is 528 g/mol. The topological polar surface area (TPSA) is 64.7 Å². The van der Waals surface area contributed by atoms with Gasteiger partial charge in [-0.25, -0.2) is 5.43 Å². The Labute approximate surface area is 229 Å². The average Bonchev–Trinajstić information content (AvgIpc) is 3.06. The molecule has 2 N–H and O–H groups in total. The molecule has 2 amide bonds. The van der Waals surface area contributed by atoms with Crippen molar-refractivity contribution in [1.29, 1.82) is 0 Å². The fourth-order valence-corrected chi connectivity index (χ4v) is 5.86. The number of thioether (sulfide) groups is 1. The smallest absolute Gasteiger partial charge is 0.276 e. The molecule has 1 saturated heterocycles. The van der Waals surface area contributed by atoms with Crippen LogP contribution < -0.4 is 15.6 Å². The number of carbonyl (C=O) groups excluding carboxylic acids is 2. The standard InChI is InChI=1S/C20H27N3OS.C8H15NO.C2H6/c1-6-7-25-12-16-11-18-19(24)23(20(4,5)13-22(18)21-16)17-9-14(2)8-15(3)10-17;10-7-9-8-5-3-1-2-4-6-8;1-2/h6-11,16,21H,12-13H2,1-5H3;7-8H,1-6H2,(H,9,10);1-2H3/b7-6-;;. The van der Waals surface area contributed by atoms with Crippen LogP contribution in [-0.4, -0.2) is 47.2 Å². The number of hydrogen-bond donors (Lipinski definition) is 2. The van der Waals surface area contributed by atoms with Gasteiger partial charge in [0.15, 0.2) is 0 Å². The van der Waals surface area contributed by atoms with Crippen molar-refractivity contribution in [3.63, 3.8) is 0 Å². The Morgan fingerprint density at radius 2 is 1.70 bits per heavy atom. The molecular formula is C30H48N4O2S. The summed E-state index contributed by atoms with van der Waals surface area (Å²) in [7, 11) is 0. The number of nitrogens with one attached hydrogen (secondary N) is 2. The van der Waals surface area contributed by atoms with Crippen molar-refractivity contribution in [2.75, 3.05) is 17.2 Å². The third kappa shape index (κ3) is 8.92. The Morgan fingerprint density at radius 3 is 2.27 bits per heavy atom. The number of carbonyl (C=O) groups is 2. The van der Waals surface area contributed by atoms with Gasteiger partial charge in [-0.3, -0.25) is 14.5 Å². The van der Waals surface area contributed by atoms with Gasteiger partial charge in [0.2, 0.25) is 6.41 Å². The van der Waals surface area contributed by atoms with Crippen LogP contribution in [0.2, 0.25) is 0 Å². The van der Waals surface area contributed by atoms with Crippen LogP contribution in [0, 0.1) is 13.8 Å². The van der Waals surface area contributed by atoms with Crippen LogP contribution in [0.15, 0.2) is 41.5 Å². The molecule has 2 aliphatic heterocycles. The number of rotatable bonds is 6. The largest absolute Gasteiger partial charge is 0.356 e. The molecule has 0 radical (unpaired) electrons. The molecule has 2 fully saturated rings. The van der Waals surface area contributed by atoms with Crippen molar-refractivity contribution in [2.45, 2.75) is 105 Å². The van der Waals surface area contributed by atoms with Gasteiger partial charge in [-0.1, -0.05) is 51.7 Å². The van der Waals surface area contributed by atoms with Gasteiger partial charge in [0, 0.05) is 17.5 Å². The minimum Gasteiger partial charge on any atom is -0.356 e. The van der Waals surface area contributed by atoms with Crippen molar-refractivity contribution >= 4 is 29.8 Å². The van der Waals surface area contributed by atoms with Gasteiger partial charge in [0.1, 0.15) is 5.70 Å². The van der Waals surface area contributed by atoms with E-state index >= 15 is 0 Å². The number of hydrogen-bond acceptors (Lipinski definition) is 5.